The molecule has 2 atom stereocenters. The fraction of sp³-hybridized carbons (Fsp3) is 0.633. The van der Waals surface area contributed by atoms with Crippen molar-refractivity contribution in [1.29, 1.82) is 0 Å². The van der Waals surface area contributed by atoms with E-state index >= 15 is 0 Å². The number of ether oxygens (including phenoxy) is 1. The number of halogens is 2. The van der Waals surface area contributed by atoms with Gasteiger partial charge in [-0.1, -0.05) is 34.5 Å². The van der Waals surface area contributed by atoms with Crippen LogP contribution in [0.5, 0.6) is 0 Å². The Balaban J connectivity index is 1.07. The van der Waals surface area contributed by atoms with Crippen molar-refractivity contribution in [2.75, 3.05) is 38.2 Å². The van der Waals surface area contributed by atoms with Gasteiger partial charge in [0, 0.05) is 41.6 Å². The summed E-state index contributed by atoms with van der Waals surface area (Å²) in [4.78, 5) is 27.2. The van der Waals surface area contributed by atoms with Crippen LogP contribution < -0.4 is 4.90 Å². The molecule has 4 heterocycles. The van der Waals surface area contributed by atoms with Crippen molar-refractivity contribution < 1.29 is 9.53 Å². The van der Waals surface area contributed by atoms with Crippen LogP contribution in [0.3, 0.4) is 0 Å². The van der Waals surface area contributed by atoms with E-state index in [9.17, 15) is 4.79 Å². The highest BCUT2D eigenvalue weighted by atomic mass is 35.5. The molecular weight excluding hydrogens is 561 g/mol. The molecule has 4 aliphatic rings. The van der Waals surface area contributed by atoms with Crippen LogP contribution in [0, 0.1) is 17.3 Å². The van der Waals surface area contributed by atoms with E-state index in [0.717, 1.165) is 80.2 Å². The molecular formula is C30H37Cl2N7O2. The summed E-state index contributed by atoms with van der Waals surface area (Å²) in [5.41, 5.74) is 3.21. The molecule has 0 unspecified atom stereocenters. The highest BCUT2D eigenvalue weighted by molar-refractivity contribution is 6.35. The summed E-state index contributed by atoms with van der Waals surface area (Å²) < 4.78 is 6.91. The Labute approximate surface area is 250 Å². The van der Waals surface area contributed by atoms with E-state index < -0.39 is 0 Å². The van der Waals surface area contributed by atoms with Gasteiger partial charge in [-0.25, -0.2) is 9.67 Å². The third-order valence-corrected chi connectivity index (χ3v) is 10.6. The zero-order chi connectivity index (χ0) is 28.5. The molecule has 2 saturated heterocycles. The summed E-state index contributed by atoms with van der Waals surface area (Å²) in [7, 11) is 1.50. The molecule has 0 radical (unpaired) electrons. The summed E-state index contributed by atoms with van der Waals surface area (Å²) >= 11 is 12.7. The Hall–Kier alpha value is -2.49. The van der Waals surface area contributed by atoms with Crippen LogP contribution >= 0.6 is 23.2 Å². The zero-order valence-electron chi connectivity index (χ0n) is 23.9. The number of nitrogens with zero attached hydrogens (tertiary/aromatic N) is 7. The lowest BCUT2D eigenvalue weighted by atomic mass is 9.65. The Morgan fingerprint density at radius 2 is 1.88 bits per heavy atom. The van der Waals surface area contributed by atoms with Crippen LogP contribution in [0.4, 0.5) is 5.95 Å². The first kappa shape index (κ1) is 27.3. The summed E-state index contributed by atoms with van der Waals surface area (Å²) in [6.07, 6.45) is 6.56. The Kier molecular flexibility index (Phi) is 6.90. The van der Waals surface area contributed by atoms with Crippen LogP contribution in [0.25, 0.3) is 11.2 Å². The van der Waals surface area contributed by atoms with Crippen molar-refractivity contribution in [3.8, 4) is 0 Å². The average Bonchev–Trinajstić information content (AvgIpc) is 3.68. The number of benzene rings is 1. The van der Waals surface area contributed by atoms with Crippen LogP contribution in [0.2, 0.25) is 10.0 Å². The predicted molar refractivity (Wildman–Crippen MR) is 159 cm³/mol. The SMILES string of the molecule is COC(=O)C1(C)CC(N2CCC[C@H](C3CN(c4nc(C5CC5)c5nnn([C@H](C)c6ccc(Cl)cc6Cl)c5n4)C3)C2)C1. The number of rotatable bonds is 7. The van der Waals surface area contributed by atoms with E-state index in [-0.39, 0.29) is 17.4 Å². The number of fused-ring (bicyclic) bond motifs is 1. The van der Waals surface area contributed by atoms with Gasteiger partial charge in [0.15, 0.2) is 11.2 Å². The van der Waals surface area contributed by atoms with Crippen LogP contribution in [0.1, 0.15) is 75.6 Å². The highest BCUT2D eigenvalue weighted by Gasteiger charge is 2.50. The Bertz CT molecular complexity index is 1480. The van der Waals surface area contributed by atoms with Gasteiger partial charge in [0.25, 0.3) is 0 Å². The normalized spacial score (nSPS) is 27.9. The maximum atomic E-state index is 12.2. The van der Waals surface area contributed by atoms with Gasteiger partial charge in [-0.3, -0.25) is 4.79 Å². The van der Waals surface area contributed by atoms with Crippen LogP contribution in [-0.4, -0.2) is 75.2 Å². The number of hydrogen-bond acceptors (Lipinski definition) is 8. The fourth-order valence-electron chi connectivity index (χ4n) is 7.24. The molecule has 2 aliphatic heterocycles. The quantitative estimate of drug-likeness (QED) is 0.330. The monoisotopic (exact) mass is 597 g/mol. The number of piperidine rings is 1. The van der Waals surface area contributed by atoms with Gasteiger partial charge >= 0.3 is 5.97 Å². The van der Waals surface area contributed by atoms with Gasteiger partial charge < -0.3 is 14.5 Å². The average molecular weight is 599 g/mol. The van der Waals surface area contributed by atoms with Crippen molar-refractivity contribution in [2.24, 2.45) is 17.3 Å². The lowest BCUT2D eigenvalue weighted by molar-refractivity contribution is -0.162. The van der Waals surface area contributed by atoms with Crippen molar-refractivity contribution >= 4 is 46.3 Å². The van der Waals surface area contributed by atoms with Crippen molar-refractivity contribution in [3.05, 3.63) is 39.5 Å². The Morgan fingerprint density at radius 1 is 1.10 bits per heavy atom. The molecule has 11 heteroatoms. The second-order valence-electron chi connectivity index (χ2n) is 12.9. The van der Waals surface area contributed by atoms with Gasteiger partial charge in [-0.2, -0.15) is 4.98 Å². The molecule has 0 amide bonds. The molecule has 4 fully saturated rings. The minimum atomic E-state index is -0.313. The Morgan fingerprint density at radius 3 is 2.59 bits per heavy atom. The predicted octanol–water partition coefficient (Wildman–Crippen LogP) is 5.50. The first-order chi connectivity index (χ1) is 19.7. The molecule has 2 aliphatic carbocycles. The maximum Gasteiger partial charge on any atom is 0.311 e. The molecule has 1 aromatic carbocycles. The van der Waals surface area contributed by atoms with Gasteiger partial charge in [-0.05, 0) is 88.4 Å². The number of anilines is 1. The van der Waals surface area contributed by atoms with E-state index in [2.05, 4.69) is 27.0 Å². The van der Waals surface area contributed by atoms with Crippen LogP contribution in [0.15, 0.2) is 18.2 Å². The van der Waals surface area contributed by atoms with Gasteiger partial charge in [-0.15, -0.1) is 5.10 Å². The lowest BCUT2D eigenvalue weighted by Crippen LogP contribution is -2.58. The topological polar surface area (TPSA) is 89.3 Å². The third-order valence-electron chi connectivity index (χ3n) is 10.00. The molecule has 7 rings (SSSR count). The maximum absolute atomic E-state index is 12.2. The van der Waals surface area contributed by atoms with E-state index in [4.69, 9.17) is 37.9 Å². The smallest absolute Gasteiger partial charge is 0.311 e. The summed E-state index contributed by atoms with van der Waals surface area (Å²) in [5, 5.41) is 10.3. The van der Waals surface area contributed by atoms with E-state index in [1.54, 1.807) is 6.07 Å². The molecule has 0 spiro atoms. The van der Waals surface area contributed by atoms with Crippen molar-refractivity contribution in [1.82, 2.24) is 29.9 Å². The lowest BCUT2D eigenvalue weighted by Gasteiger charge is -2.52. The molecule has 218 valence electrons. The minimum absolute atomic E-state index is 0.0679. The standard InChI is InChI=1S/C30H37Cl2N7O2/c1-17(23-9-8-21(31)11-24(23)32)39-27-26(35-36-39)25(18-6-7-18)33-29(34-27)38-15-20(16-38)19-5-4-10-37(14-19)22-12-30(2,13-22)28(40)41-3/h8-9,11,17-20,22H,4-7,10,12-16H2,1-3H3/t17-,19+,22?,30?/m1/s1. The third kappa shape index (κ3) is 4.87. The summed E-state index contributed by atoms with van der Waals surface area (Å²) in [6, 6.07) is 5.90. The molecule has 2 saturated carbocycles. The van der Waals surface area contributed by atoms with Crippen molar-refractivity contribution in [3.63, 3.8) is 0 Å². The highest BCUT2D eigenvalue weighted by Crippen LogP contribution is 2.46. The summed E-state index contributed by atoms with van der Waals surface area (Å²) in [6.45, 7) is 8.29. The molecule has 2 aromatic heterocycles. The largest absolute Gasteiger partial charge is 0.469 e. The number of esters is 1. The number of methoxy groups -OCH3 is 1. The van der Waals surface area contributed by atoms with Crippen molar-refractivity contribution in [2.45, 2.75) is 70.4 Å². The summed E-state index contributed by atoms with van der Waals surface area (Å²) in [5.74, 6) is 2.44. The van der Waals surface area contributed by atoms with Crippen LogP contribution in [-0.2, 0) is 9.53 Å². The number of likely N-dealkylation sites (tertiary alicyclic amines) is 1. The molecule has 0 N–H and O–H groups in total. The van der Waals surface area contributed by atoms with Gasteiger partial charge in [0.2, 0.25) is 5.95 Å². The van der Waals surface area contributed by atoms with Gasteiger partial charge in [0.1, 0.15) is 0 Å². The molecule has 3 aromatic rings. The van der Waals surface area contributed by atoms with Gasteiger partial charge in [0.05, 0.1) is 24.3 Å². The fourth-order valence-corrected chi connectivity index (χ4v) is 7.80. The second kappa shape index (κ2) is 10.3. The number of aromatic nitrogens is 5. The minimum Gasteiger partial charge on any atom is -0.469 e. The number of carbonyl (C=O) groups excluding carboxylic acids is 1. The molecule has 0 bridgehead atoms. The van der Waals surface area contributed by atoms with E-state index in [1.165, 1.54) is 20.0 Å². The number of hydrogen-bond donors (Lipinski definition) is 0. The molecule has 41 heavy (non-hydrogen) atoms. The number of carbonyl (C=O) groups is 1. The first-order valence-corrected chi connectivity index (χ1v) is 15.6. The zero-order valence-corrected chi connectivity index (χ0v) is 25.4. The van der Waals surface area contributed by atoms with E-state index in [0.29, 0.717) is 33.8 Å². The van der Waals surface area contributed by atoms with E-state index in [1.807, 2.05) is 23.7 Å². The first-order valence-electron chi connectivity index (χ1n) is 14.9. The molecule has 9 nitrogen and oxygen atoms in total. The second-order valence-corrected chi connectivity index (χ2v) is 13.8.